The van der Waals surface area contributed by atoms with Gasteiger partial charge in [-0.05, 0) is 46.7 Å². The number of rotatable bonds is 4. The van der Waals surface area contributed by atoms with Crippen molar-refractivity contribution in [2.24, 2.45) is 0 Å². The zero-order valence-corrected chi connectivity index (χ0v) is 13.1. The first-order valence-corrected chi connectivity index (χ1v) is 7.64. The first kappa shape index (κ1) is 13.9. The molecule has 0 N–H and O–H groups in total. The van der Waals surface area contributed by atoms with Crippen LogP contribution in [0.5, 0.6) is 5.75 Å². The van der Waals surface area contributed by atoms with Gasteiger partial charge in [0.05, 0.1) is 0 Å². The third kappa shape index (κ3) is 3.73. The molecular weight excluding hydrogens is 324 g/mol. The molecule has 0 bridgehead atoms. The molecule has 0 atom stereocenters. The predicted molar refractivity (Wildman–Crippen MR) is 92.6 cm³/mol. The van der Waals surface area contributed by atoms with E-state index in [4.69, 9.17) is 4.74 Å². The van der Waals surface area contributed by atoms with Crippen LogP contribution < -0.4 is 4.74 Å². The number of fused-ring (bicyclic) bond motifs is 1. The summed E-state index contributed by atoms with van der Waals surface area (Å²) in [6.07, 6.45) is 4.10. The molecule has 0 radical (unpaired) electrons. The molecule has 0 fully saturated rings. The molecule has 3 aromatic carbocycles. The predicted octanol–water partition coefficient (Wildman–Crippen LogP) is 5.69. The van der Waals surface area contributed by atoms with Gasteiger partial charge in [0.15, 0.2) is 0 Å². The van der Waals surface area contributed by atoms with Gasteiger partial charge < -0.3 is 4.74 Å². The molecule has 0 saturated carbocycles. The average molecular weight is 339 g/mol. The van der Waals surface area contributed by atoms with E-state index < -0.39 is 0 Å². The highest BCUT2D eigenvalue weighted by Gasteiger charge is 1.97. The Kier molecular flexibility index (Phi) is 4.37. The number of halogens is 1. The smallest absolute Gasteiger partial charge is 0.120 e. The maximum absolute atomic E-state index is 5.77. The van der Waals surface area contributed by atoms with Crippen LogP contribution in [0.1, 0.15) is 5.56 Å². The molecule has 0 aliphatic heterocycles. The van der Waals surface area contributed by atoms with Crippen molar-refractivity contribution in [2.45, 2.75) is 0 Å². The average Bonchev–Trinajstić information content (AvgIpc) is 2.52. The molecule has 0 aliphatic rings. The summed E-state index contributed by atoms with van der Waals surface area (Å²) in [6, 6.07) is 22.6. The molecule has 3 aromatic rings. The van der Waals surface area contributed by atoms with Crippen LogP contribution in [-0.2, 0) is 0 Å². The topological polar surface area (TPSA) is 9.23 Å². The van der Waals surface area contributed by atoms with E-state index in [2.05, 4.69) is 58.4 Å². The maximum atomic E-state index is 5.77. The Hall–Kier alpha value is -2.06. The number of ether oxygens (including phenoxy) is 1. The van der Waals surface area contributed by atoms with Crippen molar-refractivity contribution in [1.29, 1.82) is 0 Å². The minimum atomic E-state index is 0.564. The Morgan fingerprint density at radius 3 is 2.52 bits per heavy atom. The van der Waals surface area contributed by atoms with E-state index in [9.17, 15) is 0 Å². The van der Waals surface area contributed by atoms with E-state index in [0.717, 1.165) is 10.2 Å². The fraction of sp³-hybridized carbons (Fsp3) is 0.0526. The van der Waals surface area contributed by atoms with Crippen LogP contribution in [0.25, 0.3) is 16.8 Å². The monoisotopic (exact) mass is 338 g/mol. The summed E-state index contributed by atoms with van der Waals surface area (Å²) in [5, 5.41) is 2.39. The summed E-state index contributed by atoms with van der Waals surface area (Å²) in [5.41, 5.74) is 1.18. The van der Waals surface area contributed by atoms with Crippen LogP contribution in [0.15, 0.2) is 77.3 Å². The Bertz CT molecular complexity index is 763. The Morgan fingerprint density at radius 2 is 1.67 bits per heavy atom. The summed E-state index contributed by atoms with van der Waals surface area (Å²) < 4.78 is 6.85. The first-order chi connectivity index (χ1) is 10.3. The lowest BCUT2D eigenvalue weighted by molar-refractivity contribution is 0.364. The summed E-state index contributed by atoms with van der Waals surface area (Å²) in [7, 11) is 0. The maximum Gasteiger partial charge on any atom is 0.120 e. The van der Waals surface area contributed by atoms with Gasteiger partial charge in [-0.15, -0.1) is 0 Å². The fourth-order valence-electron chi connectivity index (χ4n) is 2.18. The minimum absolute atomic E-state index is 0.564. The van der Waals surface area contributed by atoms with E-state index >= 15 is 0 Å². The largest absolute Gasteiger partial charge is 0.490 e. The zero-order chi connectivity index (χ0) is 14.5. The van der Waals surface area contributed by atoms with Gasteiger partial charge in [-0.25, -0.2) is 0 Å². The SMILES string of the molecule is Brc1ccc2ccc(OC/C=C/c3ccccc3)cc2c1. The second-order valence-corrected chi connectivity index (χ2v) is 5.69. The molecule has 0 aromatic heterocycles. The van der Waals surface area contributed by atoms with Crippen LogP contribution in [0.4, 0.5) is 0 Å². The number of benzene rings is 3. The molecule has 0 aliphatic carbocycles. The Balaban J connectivity index is 1.66. The highest BCUT2D eigenvalue weighted by molar-refractivity contribution is 9.10. The molecule has 21 heavy (non-hydrogen) atoms. The molecular formula is C19H15BrO. The van der Waals surface area contributed by atoms with Gasteiger partial charge in [-0.2, -0.15) is 0 Å². The van der Waals surface area contributed by atoms with Gasteiger partial charge in [0.1, 0.15) is 12.4 Å². The molecule has 2 heteroatoms. The van der Waals surface area contributed by atoms with E-state index in [0.29, 0.717) is 6.61 Å². The summed E-state index contributed by atoms with van der Waals surface area (Å²) in [6.45, 7) is 0.564. The summed E-state index contributed by atoms with van der Waals surface area (Å²) >= 11 is 3.49. The van der Waals surface area contributed by atoms with E-state index in [-0.39, 0.29) is 0 Å². The molecule has 0 saturated heterocycles. The second-order valence-electron chi connectivity index (χ2n) is 4.78. The van der Waals surface area contributed by atoms with Crippen LogP contribution in [-0.4, -0.2) is 6.61 Å². The van der Waals surface area contributed by atoms with Crippen molar-refractivity contribution in [3.63, 3.8) is 0 Å². The van der Waals surface area contributed by atoms with Crippen molar-refractivity contribution in [1.82, 2.24) is 0 Å². The molecule has 1 nitrogen and oxygen atoms in total. The van der Waals surface area contributed by atoms with Gasteiger partial charge in [0.25, 0.3) is 0 Å². The standard InChI is InChI=1S/C19H15BrO/c20-18-10-8-16-9-11-19(14-17(16)13-18)21-12-4-7-15-5-2-1-3-6-15/h1-11,13-14H,12H2/b7-4+. The normalized spacial score (nSPS) is 11.1. The number of hydrogen-bond acceptors (Lipinski definition) is 1. The van der Waals surface area contributed by atoms with E-state index in [1.807, 2.05) is 36.4 Å². The number of hydrogen-bond donors (Lipinski definition) is 0. The van der Waals surface area contributed by atoms with Crippen molar-refractivity contribution in [3.8, 4) is 5.75 Å². The van der Waals surface area contributed by atoms with Gasteiger partial charge in [0, 0.05) is 4.47 Å². The van der Waals surface area contributed by atoms with Gasteiger partial charge in [-0.1, -0.05) is 64.5 Å². The van der Waals surface area contributed by atoms with Crippen LogP contribution >= 0.6 is 15.9 Å². The minimum Gasteiger partial charge on any atom is -0.490 e. The second kappa shape index (κ2) is 6.59. The Labute approximate surface area is 133 Å². The van der Waals surface area contributed by atoms with Crippen LogP contribution in [0, 0.1) is 0 Å². The molecule has 3 rings (SSSR count). The zero-order valence-electron chi connectivity index (χ0n) is 11.5. The van der Waals surface area contributed by atoms with Crippen molar-refractivity contribution >= 4 is 32.8 Å². The molecule has 0 unspecified atom stereocenters. The highest BCUT2D eigenvalue weighted by atomic mass is 79.9. The third-order valence-electron chi connectivity index (χ3n) is 3.23. The fourth-order valence-corrected chi connectivity index (χ4v) is 2.56. The van der Waals surface area contributed by atoms with Crippen molar-refractivity contribution in [2.75, 3.05) is 6.61 Å². The third-order valence-corrected chi connectivity index (χ3v) is 3.72. The quantitative estimate of drug-likeness (QED) is 0.593. The van der Waals surface area contributed by atoms with Crippen LogP contribution in [0.3, 0.4) is 0 Å². The molecule has 0 heterocycles. The summed E-state index contributed by atoms with van der Waals surface area (Å²) in [4.78, 5) is 0. The van der Waals surface area contributed by atoms with Crippen LogP contribution in [0.2, 0.25) is 0 Å². The lowest BCUT2D eigenvalue weighted by atomic mass is 10.1. The summed E-state index contributed by atoms with van der Waals surface area (Å²) in [5.74, 6) is 0.887. The lowest BCUT2D eigenvalue weighted by Gasteiger charge is -2.05. The molecule has 104 valence electrons. The lowest BCUT2D eigenvalue weighted by Crippen LogP contribution is -1.93. The first-order valence-electron chi connectivity index (χ1n) is 6.85. The van der Waals surface area contributed by atoms with E-state index in [1.165, 1.54) is 16.3 Å². The Morgan fingerprint density at radius 1 is 0.857 bits per heavy atom. The molecule has 0 amide bonds. The van der Waals surface area contributed by atoms with Gasteiger partial charge in [-0.3, -0.25) is 0 Å². The van der Waals surface area contributed by atoms with Crippen molar-refractivity contribution < 1.29 is 4.74 Å². The molecule has 0 spiro atoms. The van der Waals surface area contributed by atoms with Gasteiger partial charge >= 0.3 is 0 Å². The van der Waals surface area contributed by atoms with Crippen molar-refractivity contribution in [3.05, 3.63) is 82.8 Å². The highest BCUT2D eigenvalue weighted by Crippen LogP contribution is 2.24. The van der Waals surface area contributed by atoms with E-state index in [1.54, 1.807) is 0 Å². The van der Waals surface area contributed by atoms with Gasteiger partial charge in [0.2, 0.25) is 0 Å².